The Bertz CT molecular complexity index is 106. The highest BCUT2D eigenvalue weighted by molar-refractivity contribution is 4.55. The van der Waals surface area contributed by atoms with Crippen molar-refractivity contribution in [2.24, 2.45) is 5.73 Å². The molecule has 1 atom stereocenters. The lowest BCUT2D eigenvalue weighted by Gasteiger charge is -2.06. The van der Waals surface area contributed by atoms with Gasteiger partial charge in [0.05, 0.1) is 6.10 Å². The molecule has 0 fully saturated rings. The second-order valence-corrected chi connectivity index (χ2v) is 4.15. The highest BCUT2D eigenvalue weighted by Gasteiger charge is 1.99. The molecule has 0 radical (unpaired) electrons. The van der Waals surface area contributed by atoms with Crippen LogP contribution in [0.25, 0.3) is 0 Å². The van der Waals surface area contributed by atoms with Gasteiger partial charge in [-0.25, -0.2) is 0 Å². The first kappa shape index (κ1) is 13.9. The summed E-state index contributed by atoms with van der Waals surface area (Å²) in [6.45, 7) is 2.66. The van der Waals surface area contributed by atoms with Gasteiger partial charge in [0.2, 0.25) is 0 Å². The first-order valence-corrected chi connectivity index (χ1v) is 6.19. The first-order chi connectivity index (χ1) is 6.81. The van der Waals surface area contributed by atoms with Crippen LogP contribution in [0.1, 0.15) is 64.7 Å². The zero-order chi connectivity index (χ0) is 10.6. The van der Waals surface area contributed by atoms with Gasteiger partial charge in [0.15, 0.2) is 0 Å². The second kappa shape index (κ2) is 11.0. The Morgan fingerprint density at radius 1 is 0.929 bits per heavy atom. The number of aliphatic hydroxyl groups excluding tert-OH is 1. The normalized spacial score (nSPS) is 13.1. The third-order valence-corrected chi connectivity index (χ3v) is 2.66. The van der Waals surface area contributed by atoms with E-state index in [4.69, 9.17) is 5.73 Å². The molecule has 0 aromatic rings. The molecule has 0 bridgehead atoms. The number of aliphatic hydroxyl groups is 1. The van der Waals surface area contributed by atoms with Gasteiger partial charge in [-0.05, 0) is 6.42 Å². The summed E-state index contributed by atoms with van der Waals surface area (Å²) in [5.74, 6) is 0. The molecule has 0 aromatic carbocycles. The summed E-state index contributed by atoms with van der Waals surface area (Å²) in [7, 11) is 0. The molecular weight excluding hydrogens is 174 g/mol. The first-order valence-electron chi connectivity index (χ1n) is 6.19. The number of hydrogen-bond acceptors (Lipinski definition) is 2. The smallest absolute Gasteiger partial charge is 0.0662 e. The van der Waals surface area contributed by atoms with Crippen molar-refractivity contribution in [1.29, 1.82) is 0 Å². The lowest BCUT2D eigenvalue weighted by molar-refractivity contribution is 0.168. The molecule has 0 unspecified atom stereocenters. The number of hydrogen-bond donors (Lipinski definition) is 2. The Labute approximate surface area is 88.9 Å². The van der Waals surface area contributed by atoms with E-state index in [1.807, 2.05) is 0 Å². The van der Waals surface area contributed by atoms with Crippen molar-refractivity contribution >= 4 is 0 Å². The SMILES string of the molecule is CCCCCCCCCC[C@@H](O)CN. The maximum atomic E-state index is 9.21. The van der Waals surface area contributed by atoms with Crippen molar-refractivity contribution in [1.82, 2.24) is 0 Å². The Hall–Kier alpha value is -0.0800. The molecule has 0 amide bonds. The van der Waals surface area contributed by atoms with Gasteiger partial charge < -0.3 is 10.8 Å². The Kier molecular flexibility index (Phi) is 10.9. The van der Waals surface area contributed by atoms with Gasteiger partial charge in [-0.3, -0.25) is 0 Å². The highest BCUT2D eigenvalue weighted by atomic mass is 16.3. The van der Waals surface area contributed by atoms with Crippen molar-refractivity contribution in [3.05, 3.63) is 0 Å². The quantitative estimate of drug-likeness (QED) is 0.534. The average Bonchev–Trinajstić information content (AvgIpc) is 2.21. The standard InChI is InChI=1S/C12H27NO/c1-2-3-4-5-6-7-8-9-10-12(14)11-13/h12,14H,2-11,13H2,1H3/t12-/m1/s1. The van der Waals surface area contributed by atoms with Crippen molar-refractivity contribution in [3.63, 3.8) is 0 Å². The van der Waals surface area contributed by atoms with Gasteiger partial charge in [-0.2, -0.15) is 0 Å². The van der Waals surface area contributed by atoms with Crippen LogP contribution < -0.4 is 5.73 Å². The molecule has 0 rings (SSSR count). The third kappa shape index (κ3) is 10.0. The predicted octanol–water partition coefficient (Wildman–Crippen LogP) is 2.84. The van der Waals surface area contributed by atoms with E-state index in [0.717, 1.165) is 12.8 Å². The summed E-state index contributed by atoms with van der Waals surface area (Å²) in [6.07, 6.45) is 11.2. The molecule has 0 saturated carbocycles. The number of unbranched alkanes of at least 4 members (excludes halogenated alkanes) is 7. The lowest BCUT2D eigenvalue weighted by Crippen LogP contribution is -2.19. The summed E-state index contributed by atoms with van der Waals surface area (Å²) < 4.78 is 0. The zero-order valence-corrected chi connectivity index (χ0v) is 9.67. The minimum Gasteiger partial charge on any atom is -0.392 e. The van der Waals surface area contributed by atoms with Crippen molar-refractivity contribution in [2.45, 2.75) is 70.8 Å². The van der Waals surface area contributed by atoms with Crippen LogP contribution in [-0.2, 0) is 0 Å². The molecule has 2 heteroatoms. The van der Waals surface area contributed by atoms with E-state index in [0.29, 0.717) is 6.54 Å². The monoisotopic (exact) mass is 201 g/mol. The summed E-state index contributed by atoms with van der Waals surface area (Å²) in [6, 6.07) is 0. The molecule has 0 heterocycles. The highest BCUT2D eigenvalue weighted by Crippen LogP contribution is 2.10. The van der Waals surface area contributed by atoms with Gasteiger partial charge >= 0.3 is 0 Å². The zero-order valence-electron chi connectivity index (χ0n) is 9.67. The van der Waals surface area contributed by atoms with Gasteiger partial charge in [0.25, 0.3) is 0 Å². The predicted molar refractivity (Wildman–Crippen MR) is 62.3 cm³/mol. The van der Waals surface area contributed by atoms with E-state index in [9.17, 15) is 5.11 Å². The van der Waals surface area contributed by atoms with E-state index < -0.39 is 0 Å². The number of nitrogens with two attached hydrogens (primary N) is 1. The molecule has 0 aromatic heterocycles. The molecule has 3 N–H and O–H groups in total. The maximum Gasteiger partial charge on any atom is 0.0662 e. The summed E-state index contributed by atoms with van der Waals surface area (Å²) >= 11 is 0. The second-order valence-electron chi connectivity index (χ2n) is 4.15. The molecule has 0 aliphatic carbocycles. The fraction of sp³-hybridized carbons (Fsp3) is 1.00. The van der Waals surface area contributed by atoms with E-state index in [1.54, 1.807) is 0 Å². The molecule has 14 heavy (non-hydrogen) atoms. The van der Waals surface area contributed by atoms with Crippen LogP contribution in [0, 0.1) is 0 Å². The molecular formula is C12H27NO. The minimum atomic E-state index is -0.268. The fourth-order valence-corrected chi connectivity index (χ4v) is 1.63. The lowest BCUT2D eigenvalue weighted by atomic mass is 10.1. The average molecular weight is 201 g/mol. The van der Waals surface area contributed by atoms with E-state index in [1.165, 1.54) is 44.9 Å². The summed E-state index contributed by atoms with van der Waals surface area (Å²) in [5.41, 5.74) is 5.32. The van der Waals surface area contributed by atoms with Crippen molar-refractivity contribution in [2.75, 3.05) is 6.54 Å². The van der Waals surface area contributed by atoms with Gasteiger partial charge in [-0.1, -0.05) is 58.3 Å². The maximum absolute atomic E-state index is 9.21. The minimum absolute atomic E-state index is 0.268. The van der Waals surface area contributed by atoms with Crippen LogP contribution in [0.3, 0.4) is 0 Å². The van der Waals surface area contributed by atoms with Crippen LogP contribution in [0.2, 0.25) is 0 Å². The topological polar surface area (TPSA) is 46.2 Å². The van der Waals surface area contributed by atoms with Crippen LogP contribution in [0.4, 0.5) is 0 Å². The van der Waals surface area contributed by atoms with Gasteiger partial charge in [-0.15, -0.1) is 0 Å². The largest absolute Gasteiger partial charge is 0.392 e. The molecule has 0 aliphatic rings. The Morgan fingerprint density at radius 2 is 1.43 bits per heavy atom. The van der Waals surface area contributed by atoms with E-state index in [2.05, 4.69) is 6.92 Å². The van der Waals surface area contributed by atoms with Crippen LogP contribution in [0.5, 0.6) is 0 Å². The molecule has 86 valence electrons. The molecule has 0 spiro atoms. The molecule has 0 saturated heterocycles. The van der Waals surface area contributed by atoms with Crippen LogP contribution >= 0.6 is 0 Å². The van der Waals surface area contributed by atoms with Crippen LogP contribution in [0.15, 0.2) is 0 Å². The van der Waals surface area contributed by atoms with Crippen molar-refractivity contribution < 1.29 is 5.11 Å². The van der Waals surface area contributed by atoms with E-state index >= 15 is 0 Å². The summed E-state index contributed by atoms with van der Waals surface area (Å²) in [5, 5.41) is 9.21. The Balaban J connectivity index is 2.92. The Morgan fingerprint density at radius 3 is 1.93 bits per heavy atom. The van der Waals surface area contributed by atoms with Crippen LogP contribution in [-0.4, -0.2) is 17.8 Å². The number of rotatable bonds is 10. The van der Waals surface area contributed by atoms with Gasteiger partial charge in [0, 0.05) is 6.54 Å². The summed E-state index contributed by atoms with van der Waals surface area (Å²) in [4.78, 5) is 0. The molecule has 0 aliphatic heterocycles. The molecule has 2 nitrogen and oxygen atoms in total. The van der Waals surface area contributed by atoms with Crippen molar-refractivity contribution in [3.8, 4) is 0 Å². The van der Waals surface area contributed by atoms with Gasteiger partial charge in [0.1, 0.15) is 0 Å². The van der Waals surface area contributed by atoms with E-state index in [-0.39, 0.29) is 6.10 Å². The fourth-order valence-electron chi connectivity index (χ4n) is 1.63. The third-order valence-electron chi connectivity index (χ3n) is 2.66.